The van der Waals surface area contributed by atoms with Crippen LogP contribution in [-0.2, 0) is 19.6 Å². The number of guanidine groups is 1. The standard InChI is InChI=1S/C23H32N4O2/c1-3-24-23(26-16-20-7-6-8-21(29-2)22(20)28)25-15-18-9-11-19(12-10-18)17-27-13-4-5-14-27/h6-12,28H,3-5,13-17H2,1-2H3,(H2,24,25,26). The fraction of sp³-hybridized carbons (Fsp3) is 0.435. The number of rotatable bonds is 8. The minimum Gasteiger partial charge on any atom is -0.504 e. The van der Waals surface area contributed by atoms with E-state index in [0.717, 1.165) is 24.6 Å². The van der Waals surface area contributed by atoms with E-state index in [0.29, 0.717) is 18.8 Å². The van der Waals surface area contributed by atoms with Crippen molar-refractivity contribution in [3.05, 3.63) is 59.2 Å². The quantitative estimate of drug-likeness (QED) is 0.472. The van der Waals surface area contributed by atoms with Gasteiger partial charge in [0, 0.05) is 25.2 Å². The number of hydrogen-bond acceptors (Lipinski definition) is 4. The maximum atomic E-state index is 10.2. The summed E-state index contributed by atoms with van der Waals surface area (Å²) < 4.78 is 5.17. The van der Waals surface area contributed by atoms with E-state index in [1.54, 1.807) is 13.2 Å². The average molecular weight is 397 g/mol. The van der Waals surface area contributed by atoms with Gasteiger partial charge in [-0.25, -0.2) is 4.99 Å². The Kier molecular flexibility index (Phi) is 7.76. The lowest BCUT2D eigenvalue weighted by Crippen LogP contribution is -2.36. The van der Waals surface area contributed by atoms with Crippen LogP contribution in [0.2, 0.25) is 0 Å². The Balaban J connectivity index is 1.57. The summed E-state index contributed by atoms with van der Waals surface area (Å²) in [5, 5.41) is 16.8. The van der Waals surface area contributed by atoms with Crippen LogP contribution in [0.25, 0.3) is 0 Å². The zero-order valence-corrected chi connectivity index (χ0v) is 17.4. The molecule has 0 bridgehead atoms. The third-order valence-electron chi connectivity index (χ3n) is 5.14. The van der Waals surface area contributed by atoms with Gasteiger partial charge in [-0.15, -0.1) is 0 Å². The van der Waals surface area contributed by atoms with E-state index in [1.807, 2.05) is 19.1 Å². The summed E-state index contributed by atoms with van der Waals surface area (Å²) >= 11 is 0. The van der Waals surface area contributed by atoms with Crippen LogP contribution in [0.1, 0.15) is 36.5 Å². The molecule has 0 atom stereocenters. The Morgan fingerprint density at radius 2 is 1.79 bits per heavy atom. The van der Waals surface area contributed by atoms with Crippen molar-refractivity contribution in [3.8, 4) is 11.5 Å². The SMILES string of the molecule is CCNC(=NCc1ccc(CN2CCCC2)cc1)NCc1cccc(OC)c1O. The molecule has 156 valence electrons. The van der Waals surface area contributed by atoms with E-state index in [1.165, 1.54) is 37.1 Å². The average Bonchev–Trinajstić information content (AvgIpc) is 3.25. The van der Waals surface area contributed by atoms with E-state index < -0.39 is 0 Å². The van der Waals surface area contributed by atoms with Crippen LogP contribution in [0.3, 0.4) is 0 Å². The first-order chi connectivity index (χ1) is 14.2. The first kappa shape index (κ1) is 21.0. The van der Waals surface area contributed by atoms with Gasteiger partial charge >= 0.3 is 0 Å². The molecule has 29 heavy (non-hydrogen) atoms. The molecule has 0 aliphatic carbocycles. The molecule has 1 aliphatic rings. The highest BCUT2D eigenvalue weighted by Gasteiger charge is 2.11. The summed E-state index contributed by atoms with van der Waals surface area (Å²) in [5.41, 5.74) is 3.30. The Morgan fingerprint density at radius 1 is 1.07 bits per heavy atom. The lowest BCUT2D eigenvalue weighted by atomic mass is 10.1. The van der Waals surface area contributed by atoms with Crippen molar-refractivity contribution in [2.24, 2.45) is 4.99 Å². The Bertz CT molecular complexity index is 799. The van der Waals surface area contributed by atoms with Crippen LogP contribution < -0.4 is 15.4 Å². The molecule has 0 unspecified atom stereocenters. The van der Waals surface area contributed by atoms with Crippen LogP contribution in [-0.4, -0.2) is 42.7 Å². The summed E-state index contributed by atoms with van der Waals surface area (Å²) in [6.45, 7) is 7.34. The molecule has 1 saturated heterocycles. The fourth-order valence-electron chi connectivity index (χ4n) is 3.52. The molecule has 2 aromatic rings. The fourth-order valence-corrected chi connectivity index (χ4v) is 3.52. The van der Waals surface area contributed by atoms with Crippen LogP contribution >= 0.6 is 0 Å². The Hall–Kier alpha value is -2.73. The molecule has 6 heteroatoms. The second-order valence-corrected chi connectivity index (χ2v) is 7.32. The second-order valence-electron chi connectivity index (χ2n) is 7.32. The van der Waals surface area contributed by atoms with Crippen molar-refractivity contribution in [2.75, 3.05) is 26.7 Å². The molecule has 1 fully saturated rings. The van der Waals surface area contributed by atoms with Gasteiger partial charge in [-0.3, -0.25) is 4.90 Å². The van der Waals surface area contributed by atoms with Gasteiger partial charge < -0.3 is 20.5 Å². The number of nitrogens with one attached hydrogen (secondary N) is 2. The molecule has 0 amide bonds. The predicted octanol–water partition coefficient (Wildman–Crippen LogP) is 3.25. The molecular weight excluding hydrogens is 364 g/mol. The number of nitrogens with zero attached hydrogens (tertiary/aromatic N) is 2. The first-order valence-electron chi connectivity index (χ1n) is 10.4. The van der Waals surface area contributed by atoms with E-state index in [2.05, 4.69) is 44.8 Å². The Morgan fingerprint density at radius 3 is 2.48 bits per heavy atom. The third-order valence-corrected chi connectivity index (χ3v) is 5.14. The van der Waals surface area contributed by atoms with Crippen molar-refractivity contribution in [3.63, 3.8) is 0 Å². The number of ether oxygens (including phenoxy) is 1. The van der Waals surface area contributed by atoms with Gasteiger partial charge in [0.05, 0.1) is 13.7 Å². The monoisotopic (exact) mass is 396 g/mol. The molecule has 2 aromatic carbocycles. The van der Waals surface area contributed by atoms with Crippen LogP contribution in [0.15, 0.2) is 47.5 Å². The molecule has 0 radical (unpaired) electrons. The number of benzene rings is 2. The van der Waals surface area contributed by atoms with Gasteiger partial charge in [-0.1, -0.05) is 36.4 Å². The number of aromatic hydroxyl groups is 1. The van der Waals surface area contributed by atoms with Gasteiger partial charge in [0.2, 0.25) is 0 Å². The molecular formula is C23H32N4O2. The van der Waals surface area contributed by atoms with Gasteiger partial charge in [0.15, 0.2) is 17.5 Å². The van der Waals surface area contributed by atoms with Crippen molar-refractivity contribution in [2.45, 2.75) is 39.4 Å². The predicted molar refractivity (Wildman–Crippen MR) is 117 cm³/mol. The molecule has 1 heterocycles. The van der Waals surface area contributed by atoms with E-state index in [9.17, 15) is 5.11 Å². The third kappa shape index (κ3) is 6.12. The molecule has 6 nitrogen and oxygen atoms in total. The number of aliphatic imine (C=N–C) groups is 1. The molecule has 0 aromatic heterocycles. The normalized spacial score (nSPS) is 14.8. The number of para-hydroxylation sites is 1. The lowest BCUT2D eigenvalue weighted by Gasteiger charge is -2.15. The maximum absolute atomic E-state index is 10.2. The second kappa shape index (κ2) is 10.7. The zero-order valence-electron chi connectivity index (χ0n) is 17.4. The topological polar surface area (TPSA) is 69.1 Å². The molecule has 3 rings (SSSR count). The van der Waals surface area contributed by atoms with Crippen molar-refractivity contribution >= 4 is 5.96 Å². The largest absolute Gasteiger partial charge is 0.504 e. The molecule has 0 spiro atoms. The minimum atomic E-state index is 0.159. The highest BCUT2D eigenvalue weighted by molar-refractivity contribution is 5.79. The van der Waals surface area contributed by atoms with E-state index in [4.69, 9.17) is 4.74 Å². The first-order valence-corrected chi connectivity index (χ1v) is 10.4. The highest BCUT2D eigenvalue weighted by Crippen LogP contribution is 2.29. The minimum absolute atomic E-state index is 0.159. The van der Waals surface area contributed by atoms with Gasteiger partial charge in [-0.05, 0) is 50.0 Å². The van der Waals surface area contributed by atoms with E-state index >= 15 is 0 Å². The van der Waals surface area contributed by atoms with Crippen molar-refractivity contribution in [1.82, 2.24) is 15.5 Å². The van der Waals surface area contributed by atoms with Gasteiger partial charge in [0.25, 0.3) is 0 Å². The maximum Gasteiger partial charge on any atom is 0.191 e. The molecule has 3 N–H and O–H groups in total. The number of phenolic OH excluding ortho intramolecular Hbond substituents is 1. The summed E-state index contributed by atoms with van der Waals surface area (Å²) in [5.74, 6) is 1.35. The van der Waals surface area contributed by atoms with Crippen LogP contribution in [0.5, 0.6) is 11.5 Å². The molecule has 0 saturated carbocycles. The number of phenols is 1. The lowest BCUT2D eigenvalue weighted by molar-refractivity contribution is 0.331. The number of hydrogen-bond donors (Lipinski definition) is 3. The van der Waals surface area contributed by atoms with Crippen molar-refractivity contribution < 1.29 is 9.84 Å². The summed E-state index contributed by atoms with van der Waals surface area (Å²) in [4.78, 5) is 7.18. The van der Waals surface area contributed by atoms with E-state index in [-0.39, 0.29) is 5.75 Å². The van der Waals surface area contributed by atoms with Crippen molar-refractivity contribution in [1.29, 1.82) is 0 Å². The highest BCUT2D eigenvalue weighted by atomic mass is 16.5. The number of likely N-dealkylation sites (tertiary alicyclic amines) is 1. The number of methoxy groups -OCH3 is 1. The summed E-state index contributed by atoms with van der Waals surface area (Å²) in [6.07, 6.45) is 2.64. The van der Waals surface area contributed by atoms with Gasteiger partial charge in [0.1, 0.15) is 0 Å². The van der Waals surface area contributed by atoms with Crippen LogP contribution in [0.4, 0.5) is 0 Å². The smallest absolute Gasteiger partial charge is 0.191 e. The summed E-state index contributed by atoms with van der Waals surface area (Å²) in [7, 11) is 1.55. The zero-order chi connectivity index (χ0) is 20.5. The van der Waals surface area contributed by atoms with Crippen LogP contribution in [0, 0.1) is 0 Å². The van der Waals surface area contributed by atoms with Gasteiger partial charge in [-0.2, -0.15) is 0 Å². The summed E-state index contributed by atoms with van der Waals surface area (Å²) in [6, 6.07) is 14.2. The molecule has 1 aliphatic heterocycles. The Labute approximate surface area is 173 Å².